The lowest BCUT2D eigenvalue weighted by Gasteiger charge is -2.34. The summed E-state index contributed by atoms with van der Waals surface area (Å²) in [7, 11) is -3.44. The molecule has 1 fully saturated rings. The summed E-state index contributed by atoms with van der Waals surface area (Å²) in [5, 5.41) is 12.5. The third kappa shape index (κ3) is 4.59. The summed E-state index contributed by atoms with van der Waals surface area (Å²) in [6.45, 7) is 2.97. The zero-order valence-electron chi connectivity index (χ0n) is 13.4. The molecule has 0 saturated carbocycles. The van der Waals surface area contributed by atoms with Crippen molar-refractivity contribution < 1.29 is 13.5 Å². The molecule has 0 amide bonds. The van der Waals surface area contributed by atoms with Gasteiger partial charge in [-0.3, -0.25) is 0 Å². The molecule has 0 radical (unpaired) electrons. The lowest BCUT2D eigenvalue weighted by Crippen LogP contribution is -2.43. The van der Waals surface area contributed by atoms with Gasteiger partial charge in [0, 0.05) is 24.8 Å². The van der Waals surface area contributed by atoms with Gasteiger partial charge in [0.15, 0.2) is 0 Å². The Morgan fingerprint density at radius 3 is 2.65 bits per heavy atom. The molecule has 1 aliphatic heterocycles. The molecule has 0 bridgehead atoms. The summed E-state index contributed by atoms with van der Waals surface area (Å²) in [5.41, 5.74) is 0.763. The zero-order valence-corrected chi connectivity index (χ0v) is 15.0. The second-order valence-corrected chi connectivity index (χ2v) is 8.09. The number of nitrogens with zero attached hydrogens (tertiary/aromatic N) is 1. The van der Waals surface area contributed by atoms with Crippen molar-refractivity contribution in [2.24, 2.45) is 0 Å². The van der Waals surface area contributed by atoms with Gasteiger partial charge in [-0.2, -0.15) is 4.31 Å². The van der Waals surface area contributed by atoms with Crippen molar-refractivity contribution >= 4 is 27.3 Å². The Morgan fingerprint density at radius 2 is 2.04 bits per heavy atom. The van der Waals surface area contributed by atoms with Crippen LogP contribution >= 0.6 is 11.6 Å². The average Bonchev–Trinajstić information content (AvgIpc) is 2.59. The zero-order chi connectivity index (χ0) is 16.9. The number of halogens is 1. The minimum atomic E-state index is -3.44. The quantitative estimate of drug-likeness (QED) is 0.733. The molecule has 0 aromatic heterocycles. The second-order valence-electron chi connectivity index (χ2n) is 5.89. The maximum atomic E-state index is 12.8. The first-order chi connectivity index (χ1) is 11.0. The van der Waals surface area contributed by atoms with Crippen LogP contribution in [0.15, 0.2) is 29.2 Å². The fraction of sp³-hybridized carbons (Fsp3) is 0.625. The number of rotatable bonds is 7. The van der Waals surface area contributed by atoms with Crippen molar-refractivity contribution in [1.29, 1.82) is 0 Å². The lowest BCUT2D eigenvalue weighted by molar-refractivity contribution is 0.211. The highest BCUT2D eigenvalue weighted by molar-refractivity contribution is 7.89. The van der Waals surface area contributed by atoms with Gasteiger partial charge in [-0.05, 0) is 43.5 Å². The van der Waals surface area contributed by atoms with Crippen LogP contribution in [0.5, 0.6) is 0 Å². The molecule has 23 heavy (non-hydrogen) atoms. The summed E-state index contributed by atoms with van der Waals surface area (Å²) < 4.78 is 27.3. The van der Waals surface area contributed by atoms with Crippen LogP contribution < -0.4 is 5.32 Å². The van der Waals surface area contributed by atoms with Gasteiger partial charge in [0.2, 0.25) is 10.0 Å². The topological polar surface area (TPSA) is 69.6 Å². The average molecular weight is 361 g/mol. The largest absolute Gasteiger partial charge is 0.390 e. The van der Waals surface area contributed by atoms with Crippen molar-refractivity contribution in [1.82, 2.24) is 4.31 Å². The Bertz CT molecular complexity index is 592. The highest BCUT2D eigenvalue weighted by Gasteiger charge is 2.32. The van der Waals surface area contributed by atoms with Crippen molar-refractivity contribution in [3.63, 3.8) is 0 Å². The number of benzene rings is 1. The fourth-order valence-electron chi connectivity index (χ4n) is 2.87. The summed E-state index contributed by atoms with van der Waals surface area (Å²) in [6, 6.07) is 6.78. The Balaban J connectivity index is 2.10. The molecule has 7 heteroatoms. The molecule has 2 unspecified atom stereocenters. The highest BCUT2D eigenvalue weighted by Crippen LogP contribution is 2.27. The molecule has 130 valence electrons. The van der Waals surface area contributed by atoms with E-state index in [1.54, 1.807) is 28.6 Å². The predicted octanol–water partition coefficient (Wildman–Crippen LogP) is 2.65. The number of hydrogen-bond acceptors (Lipinski definition) is 4. The molecule has 2 atom stereocenters. The van der Waals surface area contributed by atoms with Gasteiger partial charge in [-0.1, -0.05) is 13.3 Å². The first kappa shape index (κ1) is 18.5. The number of aliphatic hydroxyl groups excluding tert-OH is 1. The van der Waals surface area contributed by atoms with E-state index in [4.69, 9.17) is 11.6 Å². The van der Waals surface area contributed by atoms with E-state index in [1.807, 2.05) is 6.92 Å². The third-order valence-electron chi connectivity index (χ3n) is 4.23. The first-order valence-corrected chi connectivity index (χ1v) is 10.1. The smallest absolute Gasteiger partial charge is 0.243 e. The van der Waals surface area contributed by atoms with Crippen molar-refractivity contribution in [3.05, 3.63) is 24.3 Å². The minimum absolute atomic E-state index is 0.102. The van der Waals surface area contributed by atoms with E-state index in [1.165, 1.54) is 0 Å². The molecule has 0 aliphatic carbocycles. The van der Waals surface area contributed by atoms with Crippen LogP contribution in [0, 0.1) is 0 Å². The van der Waals surface area contributed by atoms with Crippen molar-refractivity contribution in [2.75, 3.05) is 24.3 Å². The van der Waals surface area contributed by atoms with E-state index >= 15 is 0 Å². The molecule has 1 saturated heterocycles. The predicted molar refractivity (Wildman–Crippen MR) is 93.5 cm³/mol. The molecular weight excluding hydrogens is 336 g/mol. The minimum Gasteiger partial charge on any atom is -0.390 e. The van der Waals surface area contributed by atoms with Gasteiger partial charge in [0.1, 0.15) is 0 Å². The normalized spacial score (nSPS) is 21.1. The monoisotopic (exact) mass is 360 g/mol. The lowest BCUT2D eigenvalue weighted by atomic mass is 10.0. The van der Waals surface area contributed by atoms with Gasteiger partial charge in [0.25, 0.3) is 0 Å². The number of hydrogen-bond donors (Lipinski definition) is 2. The summed E-state index contributed by atoms with van der Waals surface area (Å²) in [4.78, 5) is 0.321. The molecule has 1 aromatic rings. The highest BCUT2D eigenvalue weighted by atomic mass is 35.5. The Kier molecular flexibility index (Phi) is 6.71. The molecule has 0 spiro atoms. The van der Waals surface area contributed by atoms with Crippen LogP contribution in [-0.4, -0.2) is 48.9 Å². The molecule has 1 heterocycles. The van der Waals surface area contributed by atoms with E-state index in [2.05, 4.69) is 5.32 Å². The second kappa shape index (κ2) is 8.33. The Hall–Kier alpha value is -0.820. The van der Waals surface area contributed by atoms with E-state index in [0.29, 0.717) is 18.0 Å². The number of piperidine rings is 1. The maximum absolute atomic E-state index is 12.8. The maximum Gasteiger partial charge on any atom is 0.243 e. The van der Waals surface area contributed by atoms with Crippen molar-refractivity contribution in [2.45, 2.75) is 49.6 Å². The van der Waals surface area contributed by atoms with Crippen LogP contribution in [0.2, 0.25) is 0 Å². The van der Waals surface area contributed by atoms with Crippen LogP contribution in [-0.2, 0) is 10.0 Å². The van der Waals surface area contributed by atoms with Crippen LogP contribution in [0.4, 0.5) is 5.69 Å². The van der Waals surface area contributed by atoms with Gasteiger partial charge in [-0.25, -0.2) is 8.42 Å². The number of nitrogens with one attached hydrogen (secondary N) is 1. The first-order valence-electron chi connectivity index (χ1n) is 8.08. The summed E-state index contributed by atoms with van der Waals surface area (Å²) in [5.74, 6) is 0.160. The number of aliphatic hydroxyl groups is 1. The molecular formula is C16H25ClN2O3S. The van der Waals surface area contributed by atoms with E-state index in [9.17, 15) is 13.5 Å². The van der Waals surface area contributed by atoms with E-state index in [0.717, 1.165) is 31.4 Å². The molecule has 1 aliphatic rings. The molecule has 1 aromatic carbocycles. The Morgan fingerprint density at radius 1 is 1.35 bits per heavy atom. The van der Waals surface area contributed by atoms with Gasteiger partial charge >= 0.3 is 0 Å². The van der Waals surface area contributed by atoms with Crippen LogP contribution in [0.3, 0.4) is 0 Å². The van der Waals surface area contributed by atoms with Gasteiger partial charge in [0.05, 0.1) is 16.9 Å². The van der Waals surface area contributed by atoms with Gasteiger partial charge in [-0.15, -0.1) is 11.6 Å². The summed E-state index contributed by atoms with van der Waals surface area (Å²) >= 11 is 5.54. The van der Waals surface area contributed by atoms with E-state index < -0.39 is 16.1 Å². The third-order valence-corrected chi connectivity index (χ3v) is 6.55. The Labute approximate surface area is 143 Å². The van der Waals surface area contributed by atoms with Gasteiger partial charge < -0.3 is 10.4 Å². The summed E-state index contributed by atoms with van der Waals surface area (Å²) in [6.07, 6.45) is 3.17. The number of anilines is 1. The van der Waals surface area contributed by atoms with Crippen LogP contribution in [0.25, 0.3) is 0 Å². The SMILES string of the molecule is CCC1CCCCN1S(=O)(=O)c1ccc(NCC(O)CCl)cc1. The molecule has 2 N–H and O–H groups in total. The van der Waals surface area contributed by atoms with Crippen molar-refractivity contribution in [3.8, 4) is 0 Å². The van der Waals surface area contributed by atoms with Crippen LogP contribution in [0.1, 0.15) is 32.6 Å². The van der Waals surface area contributed by atoms with E-state index in [-0.39, 0.29) is 11.9 Å². The number of sulfonamides is 1. The molecule has 5 nitrogen and oxygen atoms in total. The number of alkyl halides is 1. The standard InChI is InChI=1S/C16H25ClN2O3S/c1-2-14-5-3-4-10-19(14)23(21,22)16-8-6-13(7-9-16)18-12-15(20)11-17/h6-9,14-15,18,20H,2-5,10-12H2,1H3. The fourth-order valence-corrected chi connectivity index (χ4v) is 4.75. The molecule has 2 rings (SSSR count).